The van der Waals surface area contributed by atoms with Crippen molar-refractivity contribution in [1.29, 1.82) is 0 Å². The van der Waals surface area contributed by atoms with Crippen LogP contribution >= 0.6 is 0 Å². The van der Waals surface area contributed by atoms with Crippen molar-refractivity contribution < 1.29 is 9.53 Å². The van der Waals surface area contributed by atoms with E-state index in [1.807, 2.05) is 11.9 Å². The second-order valence-corrected chi connectivity index (χ2v) is 6.71. The third kappa shape index (κ3) is 2.79. The number of nitrogens with zero attached hydrogens (tertiary/aromatic N) is 1. The van der Waals surface area contributed by atoms with Crippen molar-refractivity contribution in [2.75, 3.05) is 26.8 Å². The molecule has 0 radical (unpaired) electrons. The van der Waals surface area contributed by atoms with E-state index < -0.39 is 0 Å². The van der Waals surface area contributed by atoms with Gasteiger partial charge in [0.2, 0.25) is 5.91 Å². The summed E-state index contributed by atoms with van der Waals surface area (Å²) in [4.78, 5) is 14.3. The van der Waals surface area contributed by atoms with Gasteiger partial charge < -0.3 is 15.4 Å². The summed E-state index contributed by atoms with van der Waals surface area (Å²) in [6, 6.07) is 0.0982. The van der Waals surface area contributed by atoms with Crippen molar-refractivity contribution in [3.8, 4) is 0 Å². The number of ether oxygens (including phenoxy) is 1. The fraction of sp³-hybridized carbons (Fsp3) is 0.933. The molecule has 0 spiro atoms. The molecule has 108 valence electrons. The van der Waals surface area contributed by atoms with E-state index in [0.717, 1.165) is 12.5 Å². The van der Waals surface area contributed by atoms with Crippen LogP contribution in [0.3, 0.4) is 0 Å². The number of likely N-dealkylation sites (N-methyl/N-ethyl adjacent to an activating group) is 1. The van der Waals surface area contributed by atoms with Crippen LogP contribution in [0.15, 0.2) is 0 Å². The zero-order chi connectivity index (χ0) is 13.4. The molecule has 0 heterocycles. The van der Waals surface area contributed by atoms with E-state index in [1.165, 1.54) is 32.1 Å². The first-order valence-electron chi connectivity index (χ1n) is 7.75. The van der Waals surface area contributed by atoms with Crippen molar-refractivity contribution in [3.05, 3.63) is 0 Å². The molecule has 3 aliphatic carbocycles. The van der Waals surface area contributed by atoms with Gasteiger partial charge in [0.25, 0.3) is 0 Å². The molecule has 0 aromatic carbocycles. The van der Waals surface area contributed by atoms with E-state index in [1.54, 1.807) is 0 Å². The SMILES string of the molecule is CN(CCOCC1CC1)C(=O)C1C2CCC(C2)C1N. The smallest absolute Gasteiger partial charge is 0.227 e. The Labute approximate surface area is 115 Å². The highest BCUT2D eigenvalue weighted by molar-refractivity contribution is 5.80. The van der Waals surface area contributed by atoms with Crippen LogP contribution in [0.25, 0.3) is 0 Å². The third-order valence-electron chi connectivity index (χ3n) is 5.26. The second-order valence-electron chi connectivity index (χ2n) is 6.71. The van der Waals surface area contributed by atoms with Crippen LogP contribution in [0.4, 0.5) is 0 Å². The minimum absolute atomic E-state index is 0.0761. The van der Waals surface area contributed by atoms with Gasteiger partial charge in [-0.1, -0.05) is 0 Å². The van der Waals surface area contributed by atoms with Gasteiger partial charge in [0, 0.05) is 26.2 Å². The van der Waals surface area contributed by atoms with Gasteiger partial charge in [0.05, 0.1) is 12.5 Å². The topological polar surface area (TPSA) is 55.6 Å². The summed E-state index contributed by atoms with van der Waals surface area (Å²) < 4.78 is 5.60. The fourth-order valence-corrected chi connectivity index (χ4v) is 3.80. The van der Waals surface area contributed by atoms with Crippen LogP contribution in [0.1, 0.15) is 32.1 Å². The maximum absolute atomic E-state index is 12.5. The van der Waals surface area contributed by atoms with E-state index in [2.05, 4.69) is 0 Å². The molecule has 3 aliphatic rings. The quantitative estimate of drug-likeness (QED) is 0.736. The normalized spacial score (nSPS) is 36.7. The largest absolute Gasteiger partial charge is 0.379 e. The molecule has 19 heavy (non-hydrogen) atoms. The Morgan fingerprint density at radius 3 is 2.63 bits per heavy atom. The molecule has 1 amide bonds. The summed E-state index contributed by atoms with van der Waals surface area (Å²) in [6.07, 6.45) is 6.22. The van der Waals surface area contributed by atoms with E-state index >= 15 is 0 Å². The average molecular weight is 266 g/mol. The number of carbonyl (C=O) groups is 1. The zero-order valence-electron chi connectivity index (χ0n) is 11.9. The molecule has 4 nitrogen and oxygen atoms in total. The Morgan fingerprint density at radius 1 is 1.26 bits per heavy atom. The predicted molar refractivity (Wildman–Crippen MR) is 73.5 cm³/mol. The molecule has 0 aromatic heterocycles. The van der Waals surface area contributed by atoms with Crippen LogP contribution in [-0.4, -0.2) is 43.7 Å². The van der Waals surface area contributed by atoms with Crippen molar-refractivity contribution in [2.24, 2.45) is 29.4 Å². The van der Waals surface area contributed by atoms with Gasteiger partial charge in [-0.25, -0.2) is 0 Å². The lowest BCUT2D eigenvalue weighted by Crippen LogP contribution is -2.46. The Hall–Kier alpha value is -0.610. The van der Waals surface area contributed by atoms with Gasteiger partial charge in [-0.2, -0.15) is 0 Å². The monoisotopic (exact) mass is 266 g/mol. The maximum atomic E-state index is 12.5. The molecule has 4 unspecified atom stereocenters. The van der Waals surface area contributed by atoms with Crippen molar-refractivity contribution in [1.82, 2.24) is 4.90 Å². The van der Waals surface area contributed by atoms with Crippen LogP contribution < -0.4 is 5.73 Å². The highest BCUT2D eigenvalue weighted by atomic mass is 16.5. The molecule has 3 fully saturated rings. The lowest BCUT2D eigenvalue weighted by Gasteiger charge is -2.30. The number of rotatable bonds is 6. The summed E-state index contributed by atoms with van der Waals surface area (Å²) in [6.45, 7) is 2.23. The standard InChI is InChI=1S/C15H26N2O2/c1-17(6-7-19-9-10-2-3-10)15(18)13-11-4-5-12(8-11)14(13)16/h10-14H,2-9,16H2,1H3. The Bertz CT molecular complexity index is 341. The number of hydrogen-bond acceptors (Lipinski definition) is 3. The predicted octanol–water partition coefficient (Wildman–Crippen LogP) is 1.24. The molecule has 4 atom stereocenters. The first-order chi connectivity index (χ1) is 9.16. The minimum Gasteiger partial charge on any atom is -0.379 e. The van der Waals surface area contributed by atoms with E-state index in [-0.39, 0.29) is 17.9 Å². The van der Waals surface area contributed by atoms with Crippen molar-refractivity contribution in [3.63, 3.8) is 0 Å². The average Bonchev–Trinajstić information content (AvgIpc) is 3.02. The molecular formula is C15H26N2O2. The van der Waals surface area contributed by atoms with Crippen molar-refractivity contribution in [2.45, 2.75) is 38.1 Å². The number of amides is 1. The highest BCUT2D eigenvalue weighted by Gasteiger charge is 2.49. The van der Waals surface area contributed by atoms with E-state index in [0.29, 0.717) is 25.0 Å². The van der Waals surface area contributed by atoms with Crippen LogP contribution in [0.5, 0.6) is 0 Å². The highest BCUT2D eigenvalue weighted by Crippen LogP contribution is 2.48. The lowest BCUT2D eigenvalue weighted by atomic mass is 9.84. The van der Waals surface area contributed by atoms with Crippen LogP contribution in [0, 0.1) is 23.7 Å². The van der Waals surface area contributed by atoms with Gasteiger partial charge in [-0.15, -0.1) is 0 Å². The molecule has 2 bridgehead atoms. The molecule has 4 heteroatoms. The number of nitrogens with two attached hydrogens (primary N) is 1. The molecule has 0 saturated heterocycles. The summed E-state index contributed by atoms with van der Waals surface area (Å²) >= 11 is 0. The summed E-state index contributed by atoms with van der Waals surface area (Å²) in [5, 5.41) is 0. The molecule has 3 saturated carbocycles. The van der Waals surface area contributed by atoms with Gasteiger partial charge >= 0.3 is 0 Å². The van der Waals surface area contributed by atoms with E-state index in [9.17, 15) is 4.79 Å². The fourth-order valence-electron chi connectivity index (χ4n) is 3.80. The minimum atomic E-state index is 0.0761. The van der Waals surface area contributed by atoms with Crippen LogP contribution in [-0.2, 0) is 9.53 Å². The third-order valence-corrected chi connectivity index (χ3v) is 5.26. The van der Waals surface area contributed by atoms with Gasteiger partial charge in [-0.3, -0.25) is 4.79 Å². The van der Waals surface area contributed by atoms with Crippen molar-refractivity contribution >= 4 is 5.91 Å². The Morgan fingerprint density at radius 2 is 2.00 bits per heavy atom. The second kappa shape index (κ2) is 5.41. The summed E-state index contributed by atoms with van der Waals surface area (Å²) in [5.41, 5.74) is 6.23. The summed E-state index contributed by atoms with van der Waals surface area (Å²) in [7, 11) is 1.89. The Kier molecular flexibility index (Phi) is 3.81. The van der Waals surface area contributed by atoms with Gasteiger partial charge in [0.15, 0.2) is 0 Å². The van der Waals surface area contributed by atoms with Gasteiger partial charge in [0.1, 0.15) is 0 Å². The first kappa shape index (κ1) is 13.4. The number of hydrogen-bond donors (Lipinski definition) is 1. The zero-order valence-corrected chi connectivity index (χ0v) is 11.9. The molecule has 0 aliphatic heterocycles. The molecule has 2 N–H and O–H groups in total. The maximum Gasteiger partial charge on any atom is 0.227 e. The molecular weight excluding hydrogens is 240 g/mol. The van der Waals surface area contributed by atoms with Crippen LogP contribution in [0.2, 0.25) is 0 Å². The molecule has 0 aromatic rings. The van der Waals surface area contributed by atoms with E-state index in [4.69, 9.17) is 10.5 Å². The number of carbonyl (C=O) groups excluding carboxylic acids is 1. The Balaban J connectivity index is 1.43. The lowest BCUT2D eigenvalue weighted by molar-refractivity contribution is -0.137. The summed E-state index contributed by atoms with van der Waals surface area (Å²) in [5.74, 6) is 2.25. The number of fused-ring (bicyclic) bond motifs is 2. The van der Waals surface area contributed by atoms with Gasteiger partial charge in [-0.05, 0) is 49.9 Å². The molecule has 3 rings (SSSR count). The first-order valence-corrected chi connectivity index (χ1v) is 7.75.